The number of likely N-dealkylation sites (tertiary alicyclic amines) is 1. The maximum Gasteiger partial charge on any atom is 0.0164 e. The second-order valence-electron chi connectivity index (χ2n) is 6.58. The van der Waals surface area contributed by atoms with Gasteiger partial charge in [0.25, 0.3) is 0 Å². The summed E-state index contributed by atoms with van der Waals surface area (Å²) in [6.07, 6.45) is 8.15. The zero-order valence-corrected chi connectivity index (χ0v) is 12.5. The Morgan fingerprint density at radius 3 is 2.35 bits per heavy atom. The highest BCUT2D eigenvalue weighted by Crippen LogP contribution is 2.37. The molecule has 2 unspecified atom stereocenters. The summed E-state index contributed by atoms with van der Waals surface area (Å²) in [7, 11) is 0. The monoisotopic (exact) mass is 272 g/mol. The summed E-state index contributed by atoms with van der Waals surface area (Å²) in [6.45, 7) is 3.40. The maximum absolute atomic E-state index is 5.83. The molecule has 1 heterocycles. The quantitative estimate of drug-likeness (QED) is 0.914. The fourth-order valence-corrected chi connectivity index (χ4v) is 4.16. The highest BCUT2D eigenvalue weighted by molar-refractivity contribution is 5.22. The molecule has 3 rings (SSSR count). The van der Waals surface area contributed by atoms with Crippen molar-refractivity contribution in [3.8, 4) is 0 Å². The van der Waals surface area contributed by atoms with E-state index in [-0.39, 0.29) is 0 Å². The fourth-order valence-electron chi connectivity index (χ4n) is 4.16. The van der Waals surface area contributed by atoms with Gasteiger partial charge in [-0.3, -0.25) is 4.90 Å². The number of benzene rings is 1. The maximum atomic E-state index is 5.83. The highest BCUT2D eigenvalue weighted by atomic mass is 15.2. The molecule has 1 aliphatic carbocycles. The third kappa shape index (κ3) is 3.07. The molecular weight excluding hydrogens is 244 g/mol. The topological polar surface area (TPSA) is 29.3 Å². The molecule has 1 saturated heterocycles. The van der Waals surface area contributed by atoms with Crippen LogP contribution in [0.2, 0.25) is 0 Å². The van der Waals surface area contributed by atoms with Crippen molar-refractivity contribution in [1.29, 1.82) is 0 Å². The van der Waals surface area contributed by atoms with Crippen molar-refractivity contribution in [3.05, 3.63) is 35.9 Å². The highest BCUT2D eigenvalue weighted by Gasteiger charge is 2.32. The van der Waals surface area contributed by atoms with Gasteiger partial charge in [0, 0.05) is 6.04 Å². The Morgan fingerprint density at radius 2 is 1.65 bits per heavy atom. The molecule has 0 radical (unpaired) electrons. The molecule has 0 aromatic heterocycles. The van der Waals surface area contributed by atoms with Gasteiger partial charge in [0.1, 0.15) is 0 Å². The van der Waals surface area contributed by atoms with Crippen LogP contribution < -0.4 is 5.73 Å². The first-order valence-corrected chi connectivity index (χ1v) is 8.37. The summed E-state index contributed by atoms with van der Waals surface area (Å²) in [5.41, 5.74) is 7.38. The summed E-state index contributed by atoms with van der Waals surface area (Å²) in [5.74, 6) is 1.52. The largest absolute Gasteiger partial charge is 0.330 e. The van der Waals surface area contributed by atoms with Gasteiger partial charge in [0.15, 0.2) is 0 Å². The minimum Gasteiger partial charge on any atom is -0.330 e. The number of rotatable bonds is 3. The van der Waals surface area contributed by atoms with Crippen molar-refractivity contribution in [3.63, 3.8) is 0 Å². The Hall–Kier alpha value is -0.860. The molecule has 2 aliphatic rings. The molecule has 2 fully saturated rings. The van der Waals surface area contributed by atoms with E-state index in [0.29, 0.717) is 0 Å². The van der Waals surface area contributed by atoms with Crippen molar-refractivity contribution in [2.75, 3.05) is 19.6 Å². The normalized spacial score (nSPS) is 29.4. The van der Waals surface area contributed by atoms with Gasteiger partial charge < -0.3 is 5.73 Å². The molecular formula is C18H28N2. The average molecular weight is 272 g/mol. The molecule has 1 saturated carbocycles. The minimum atomic E-state index is 0.749. The van der Waals surface area contributed by atoms with E-state index in [4.69, 9.17) is 5.73 Å². The third-order valence-corrected chi connectivity index (χ3v) is 5.41. The molecule has 2 N–H and O–H groups in total. The zero-order valence-electron chi connectivity index (χ0n) is 12.5. The molecule has 2 atom stereocenters. The third-order valence-electron chi connectivity index (χ3n) is 5.41. The van der Waals surface area contributed by atoms with Gasteiger partial charge in [-0.05, 0) is 62.7 Å². The zero-order chi connectivity index (χ0) is 13.8. The van der Waals surface area contributed by atoms with Gasteiger partial charge in [0.05, 0.1) is 0 Å². The van der Waals surface area contributed by atoms with Crippen LogP contribution in [0.25, 0.3) is 0 Å². The van der Waals surface area contributed by atoms with E-state index in [1.807, 2.05) is 0 Å². The second kappa shape index (κ2) is 6.73. The smallest absolute Gasteiger partial charge is 0.0164 e. The van der Waals surface area contributed by atoms with Crippen LogP contribution in [0.1, 0.15) is 50.0 Å². The van der Waals surface area contributed by atoms with E-state index in [0.717, 1.165) is 24.4 Å². The molecule has 1 aliphatic heterocycles. The van der Waals surface area contributed by atoms with E-state index in [1.54, 1.807) is 5.56 Å². The van der Waals surface area contributed by atoms with E-state index in [9.17, 15) is 0 Å². The van der Waals surface area contributed by atoms with Crippen LogP contribution in [0.15, 0.2) is 30.3 Å². The lowest BCUT2D eigenvalue weighted by atomic mass is 9.78. The minimum absolute atomic E-state index is 0.749. The number of nitrogens with zero attached hydrogens (tertiary/aromatic N) is 1. The predicted molar refractivity (Wildman–Crippen MR) is 84.8 cm³/mol. The number of nitrogens with two attached hydrogens (primary N) is 1. The van der Waals surface area contributed by atoms with Crippen molar-refractivity contribution < 1.29 is 0 Å². The summed E-state index contributed by atoms with van der Waals surface area (Å²) >= 11 is 0. The fraction of sp³-hybridized carbons (Fsp3) is 0.667. The van der Waals surface area contributed by atoms with E-state index in [2.05, 4.69) is 35.2 Å². The standard InChI is InChI=1S/C18H28N2/c19-14-15-10-12-20(13-11-15)18-9-5-4-8-17(18)16-6-2-1-3-7-16/h1-3,6-7,15,17-18H,4-5,8-14,19H2. The SMILES string of the molecule is NCC1CCN(C2CCCCC2c2ccccc2)CC1. The molecule has 0 amide bonds. The average Bonchev–Trinajstić information content (AvgIpc) is 2.56. The lowest BCUT2D eigenvalue weighted by Crippen LogP contribution is -2.46. The first-order chi connectivity index (χ1) is 9.88. The van der Waals surface area contributed by atoms with Crippen molar-refractivity contribution in [2.24, 2.45) is 11.7 Å². The molecule has 2 nitrogen and oxygen atoms in total. The lowest BCUT2D eigenvalue weighted by Gasteiger charge is -2.43. The van der Waals surface area contributed by atoms with Crippen LogP contribution in [0.5, 0.6) is 0 Å². The Balaban J connectivity index is 1.70. The molecule has 110 valence electrons. The first-order valence-electron chi connectivity index (χ1n) is 8.37. The second-order valence-corrected chi connectivity index (χ2v) is 6.58. The number of hydrogen-bond acceptors (Lipinski definition) is 2. The van der Waals surface area contributed by atoms with Crippen LogP contribution >= 0.6 is 0 Å². The van der Waals surface area contributed by atoms with Crippen molar-refractivity contribution in [2.45, 2.75) is 50.5 Å². The Labute approximate surface area is 123 Å². The molecule has 1 aromatic rings. The van der Waals surface area contributed by atoms with Gasteiger partial charge in [-0.1, -0.05) is 43.2 Å². The first kappa shape index (κ1) is 14.1. The van der Waals surface area contributed by atoms with Crippen molar-refractivity contribution >= 4 is 0 Å². The lowest BCUT2D eigenvalue weighted by molar-refractivity contribution is 0.0939. The number of hydrogen-bond donors (Lipinski definition) is 1. The van der Waals surface area contributed by atoms with Crippen LogP contribution in [-0.4, -0.2) is 30.6 Å². The van der Waals surface area contributed by atoms with Crippen LogP contribution in [0, 0.1) is 5.92 Å². The number of piperidine rings is 1. The Bertz CT molecular complexity index is 395. The van der Waals surface area contributed by atoms with Crippen molar-refractivity contribution in [1.82, 2.24) is 4.90 Å². The van der Waals surface area contributed by atoms with Crippen LogP contribution in [-0.2, 0) is 0 Å². The molecule has 0 bridgehead atoms. The molecule has 20 heavy (non-hydrogen) atoms. The van der Waals surface area contributed by atoms with E-state index < -0.39 is 0 Å². The van der Waals surface area contributed by atoms with Crippen LogP contribution in [0.4, 0.5) is 0 Å². The molecule has 0 spiro atoms. The Morgan fingerprint density at radius 1 is 0.950 bits per heavy atom. The Kier molecular flexibility index (Phi) is 4.74. The van der Waals surface area contributed by atoms with Gasteiger partial charge in [-0.25, -0.2) is 0 Å². The summed E-state index contributed by atoms with van der Waals surface area (Å²) in [4.78, 5) is 2.77. The predicted octanol–water partition coefficient (Wildman–Crippen LogP) is 3.38. The van der Waals surface area contributed by atoms with Gasteiger partial charge >= 0.3 is 0 Å². The van der Waals surface area contributed by atoms with Gasteiger partial charge in [-0.15, -0.1) is 0 Å². The summed E-state index contributed by atoms with van der Waals surface area (Å²) < 4.78 is 0. The molecule has 2 heteroatoms. The van der Waals surface area contributed by atoms with Gasteiger partial charge in [0.2, 0.25) is 0 Å². The van der Waals surface area contributed by atoms with E-state index in [1.165, 1.54) is 51.6 Å². The molecule has 1 aromatic carbocycles. The summed E-state index contributed by atoms with van der Waals surface area (Å²) in [6, 6.07) is 12.0. The summed E-state index contributed by atoms with van der Waals surface area (Å²) in [5, 5.41) is 0. The van der Waals surface area contributed by atoms with Crippen LogP contribution in [0.3, 0.4) is 0 Å². The van der Waals surface area contributed by atoms with E-state index >= 15 is 0 Å². The van der Waals surface area contributed by atoms with Gasteiger partial charge in [-0.2, -0.15) is 0 Å².